The van der Waals surface area contributed by atoms with Crippen molar-refractivity contribution in [2.24, 2.45) is 4.99 Å². The summed E-state index contributed by atoms with van der Waals surface area (Å²) in [6.45, 7) is 7.81. The molecule has 4 rings (SSSR count). The van der Waals surface area contributed by atoms with Gasteiger partial charge in [-0.1, -0.05) is 43.0 Å². The van der Waals surface area contributed by atoms with Gasteiger partial charge in [0, 0.05) is 43.9 Å². The Morgan fingerprint density at radius 3 is 2.48 bits per heavy atom. The lowest BCUT2D eigenvalue weighted by atomic mass is 10.0. The zero-order valence-corrected chi connectivity index (χ0v) is 23.9. The first kappa shape index (κ1) is 30.3. The summed E-state index contributed by atoms with van der Waals surface area (Å²) in [5, 5.41) is 18.0. The van der Waals surface area contributed by atoms with Crippen molar-refractivity contribution in [1.29, 1.82) is 0 Å². The van der Waals surface area contributed by atoms with E-state index in [0.717, 1.165) is 5.56 Å². The van der Waals surface area contributed by atoms with E-state index in [0.29, 0.717) is 38.5 Å². The fourth-order valence-electron chi connectivity index (χ4n) is 4.24. The Morgan fingerprint density at radius 1 is 1.10 bits per heavy atom. The first-order valence-corrected chi connectivity index (χ1v) is 14.6. The molecule has 1 unspecified atom stereocenters. The third kappa shape index (κ3) is 7.94. The van der Waals surface area contributed by atoms with Crippen LogP contribution in [0.3, 0.4) is 0 Å². The largest absolute Gasteiger partial charge is 0.506 e. The van der Waals surface area contributed by atoms with Crippen LogP contribution in [0.15, 0.2) is 84.1 Å². The number of rotatable bonds is 10. The predicted octanol–water partition coefficient (Wildman–Crippen LogP) is 3.72. The van der Waals surface area contributed by atoms with Crippen molar-refractivity contribution in [2.45, 2.75) is 12.7 Å². The Balaban J connectivity index is 1.30. The normalized spacial score (nSPS) is 14.6. The topological polar surface area (TPSA) is 128 Å². The lowest BCUT2D eigenvalue weighted by Crippen LogP contribution is -2.49. The molecular weight excluding hydrogens is 559 g/mol. The standard InChI is InChI=1S/C30H31FN6O4S/c1-3-32-19-24(38)17-21(2)25-10-9-23(18-26(25)31)30(40)37-15-13-36(14-16-37)28-12-11-27(33-34-28)29(39)35-42(41)20-22-7-5-4-6-8-22/h4-12,17-19,38H,2-3,13-16,20H2,1H3,(H,35,39)/b24-17+,32-19?. The van der Waals surface area contributed by atoms with E-state index < -0.39 is 22.7 Å². The van der Waals surface area contributed by atoms with Gasteiger partial charge in [-0.2, -0.15) is 0 Å². The number of anilines is 1. The number of hydrogen-bond acceptors (Lipinski definition) is 8. The third-order valence-electron chi connectivity index (χ3n) is 6.41. The maximum Gasteiger partial charge on any atom is 0.283 e. The van der Waals surface area contributed by atoms with Gasteiger partial charge in [-0.3, -0.25) is 19.3 Å². The van der Waals surface area contributed by atoms with Gasteiger partial charge in [0.2, 0.25) is 0 Å². The van der Waals surface area contributed by atoms with Crippen LogP contribution in [-0.2, 0) is 16.7 Å². The van der Waals surface area contributed by atoms with Crippen LogP contribution in [0.4, 0.5) is 10.2 Å². The van der Waals surface area contributed by atoms with Crippen LogP contribution in [0.1, 0.15) is 38.9 Å². The molecule has 0 aliphatic carbocycles. The smallest absolute Gasteiger partial charge is 0.283 e. The van der Waals surface area contributed by atoms with Crippen LogP contribution in [0.2, 0.25) is 0 Å². The van der Waals surface area contributed by atoms with E-state index in [9.17, 15) is 23.3 Å². The zero-order chi connectivity index (χ0) is 30.1. The van der Waals surface area contributed by atoms with Gasteiger partial charge in [-0.15, -0.1) is 10.2 Å². The number of nitrogens with zero attached hydrogens (tertiary/aromatic N) is 5. The number of piperazine rings is 1. The second kappa shape index (κ2) is 14.3. The first-order valence-electron chi connectivity index (χ1n) is 13.3. The van der Waals surface area contributed by atoms with Crippen molar-refractivity contribution in [2.75, 3.05) is 37.6 Å². The molecular formula is C30H31FN6O4S. The molecule has 1 aromatic heterocycles. The molecule has 2 heterocycles. The van der Waals surface area contributed by atoms with Gasteiger partial charge < -0.3 is 14.9 Å². The van der Waals surface area contributed by atoms with Gasteiger partial charge >= 0.3 is 0 Å². The van der Waals surface area contributed by atoms with E-state index in [1.54, 1.807) is 11.0 Å². The van der Waals surface area contributed by atoms with Crippen molar-refractivity contribution < 1.29 is 23.3 Å². The minimum absolute atomic E-state index is 0.0434. The summed E-state index contributed by atoms with van der Waals surface area (Å²) >= 11 is 0. The number of nitrogens with one attached hydrogen (secondary N) is 1. The number of amides is 2. The number of halogens is 1. The molecule has 1 fully saturated rings. The summed E-state index contributed by atoms with van der Waals surface area (Å²) in [6.07, 6.45) is 2.59. The monoisotopic (exact) mass is 590 g/mol. The highest BCUT2D eigenvalue weighted by Crippen LogP contribution is 2.22. The lowest BCUT2D eigenvalue weighted by molar-refractivity contribution is 0.0745. The molecule has 2 aromatic carbocycles. The molecule has 0 saturated carbocycles. The average molecular weight is 591 g/mol. The van der Waals surface area contributed by atoms with Crippen LogP contribution >= 0.6 is 0 Å². The van der Waals surface area contributed by atoms with E-state index in [1.807, 2.05) is 42.2 Å². The van der Waals surface area contributed by atoms with Gasteiger partial charge in [-0.05, 0) is 48.4 Å². The number of aromatic nitrogens is 2. The van der Waals surface area contributed by atoms with Crippen molar-refractivity contribution in [3.63, 3.8) is 0 Å². The van der Waals surface area contributed by atoms with Gasteiger partial charge in [0.1, 0.15) is 22.6 Å². The minimum atomic E-state index is -1.61. The van der Waals surface area contributed by atoms with Gasteiger partial charge in [0.25, 0.3) is 11.8 Å². The highest BCUT2D eigenvalue weighted by Gasteiger charge is 2.24. The molecule has 1 atom stereocenters. The van der Waals surface area contributed by atoms with Crippen LogP contribution in [-0.4, -0.2) is 75.2 Å². The average Bonchev–Trinajstić information content (AvgIpc) is 3.00. The number of aliphatic imine (C=N–C) groups is 1. The van der Waals surface area contributed by atoms with Crippen LogP contribution in [0, 0.1) is 5.82 Å². The second-order valence-electron chi connectivity index (χ2n) is 9.38. The van der Waals surface area contributed by atoms with Crippen LogP contribution in [0.5, 0.6) is 0 Å². The number of carbonyl (C=O) groups is 2. The third-order valence-corrected chi connectivity index (χ3v) is 7.42. The summed E-state index contributed by atoms with van der Waals surface area (Å²) in [5.74, 6) is -0.927. The Labute approximate surface area is 245 Å². The van der Waals surface area contributed by atoms with E-state index in [4.69, 9.17) is 0 Å². The Hall–Kier alpha value is -4.71. The van der Waals surface area contributed by atoms with Crippen LogP contribution < -0.4 is 9.62 Å². The molecule has 12 heteroatoms. The summed E-state index contributed by atoms with van der Waals surface area (Å²) in [4.78, 5) is 33.0. The first-order chi connectivity index (χ1) is 20.2. The molecule has 218 valence electrons. The summed E-state index contributed by atoms with van der Waals surface area (Å²) in [7, 11) is -1.61. The number of benzene rings is 2. The van der Waals surface area contributed by atoms with Crippen molar-refractivity contribution in [3.05, 3.63) is 107 Å². The molecule has 42 heavy (non-hydrogen) atoms. The Morgan fingerprint density at radius 2 is 1.83 bits per heavy atom. The summed E-state index contributed by atoms with van der Waals surface area (Å²) in [5.41, 5.74) is 1.52. The second-order valence-corrected chi connectivity index (χ2v) is 10.6. The highest BCUT2D eigenvalue weighted by molar-refractivity contribution is 7.82. The molecule has 1 aliphatic heterocycles. The molecule has 1 saturated heterocycles. The van der Waals surface area contributed by atoms with Crippen molar-refractivity contribution >= 4 is 40.4 Å². The molecule has 0 radical (unpaired) electrons. The quantitative estimate of drug-likeness (QED) is 0.209. The lowest BCUT2D eigenvalue weighted by Gasteiger charge is -2.35. The Bertz CT molecular complexity index is 1520. The van der Waals surface area contributed by atoms with Gasteiger partial charge in [0.05, 0.1) is 12.0 Å². The number of allylic oxidation sites excluding steroid dienone is 3. The molecule has 2 N–H and O–H groups in total. The molecule has 2 amide bonds. The van der Waals surface area contributed by atoms with Crippen LogP contribution in [0.25, 0.3) is 5.57 Å². The summed E-state index contributed by atoms with van der Waals surface area (Å²) < 4.78 is 29.5. The van der Waals surface area contributed by atoms with Gasteiger partial charge in [0.15, 0.2) is 11.5 Å². The SMILES string of the molecule is C=C(/C=C(/O)C=NCC)c1ccc(C(=O)N2CCN(c3ccc(C(=O)NS(=O)Cc4ccccc4)nn3)CC2)cc1F. The van der Waals surface area contributed by atoms with E-state index in [1.165, 1.54) is 36.6 Å². The number of hydrogen-bond donors (Lipinski definition) is 2. The predicted molar refractivity (Wildman–Crippen MR) is 161 cm³/mol. The van der Waals surface area contributed by atoms with Crippen molar-refractivity contribution in [3.8, 4) is 0 Å². The fraction of sp³-hybridized carbons (Fsp3) is 0.233. The van der Waals surface area contributed by atoms with Crippen molar-refractivity contribution in [1.82, 2.24) is 19.8 Å². The number of aliphatic hydroxyl groups is 1. The zero-order valence-electron chi connectivity index (χ0n) is 23.1. The summed E-state index contributed by atoms with van der Waals surface area (Å²) in [6, 6.07) is 16.5. The number of carbonyl (C=O) groups excluding carboxylic acids is 2. The maximum absolute atomic E-state index is 14.8. The molecule has 1 aliphatic rings. The molecule has 0 bridgehead atoms. The molecule has 0 spiro atoms. The molecule has 3 aromatic rings. The van der Waals surface area contributed by atoms with Gasteiger partial charge in [-0.25, -0.2) is 8.60 Å². The minimum Gasteiger partial charge on any atom is -0.506 e. The molecule has 10 nitrogen and oxygen atoms in total. The fourth-order valence-corrected chi connectivity index (χ4v) is 5.12. The number of aliphatic hydroxyl groups excluding tert-OH is 1. The van der Waals surface area contributed by atoms with E-state index >= 15 is 0 Å². The van der Waals surface area contributed by atoms with E-state index in [2.05, 4.69) is 26.5 Å². The highest BCUT2D eigenvalue weighted by atomic mass is 32.2. The maximum atomic E-state index is 14.8. The van der Waals surface area contributed by atoms with E-state index in [-0.39, 0.29) is 39.8 Å². The Kier molecular flexibility index (Phi) is 10.3.